The Kier molecular flexibility index (Phi) is 3.69. The maximum Gasteiger partial charge on any atom is 0.323 e. The summed E-state index contributed by atoms with van der Waals surface area (Å²) in [5.41, 5.74) is 0.663. The van der Waals surface area contributed by atoms with Crippen LogP contribution in [-0.4, -0.2) is 45.1 Å². The lowest BCUT2D eigenvalue weighted by Gasteiger charge is -2.22. The first-order valence-corrected chi connectivity index (χ1v) is 5.96. The second-order valence-electron chi connectivity index (χ2n) is 4.28. The molecule has 1 aliphatic rings. The molecule has 2 rings (SSSR count). The molecule has 2 amide bonds. The van der Waals surface area contributed by atoms with Crippen LogP contribution in [0.4, 0.5) is 4.79 Å². The van der Waals surface area contributed by atoms with Gasteiger partial charge in [0.25, 0.3) is 0 Å². The maximum absolute atomic E-state index is 11.6. The van der Waals surface area contributed by atoms with Crippen LogP contribution in [0.25, 0.3) is 0 Å². The molecule has 0 spiro atoms. The van der Waals surface area contributed by atoms with Crippen molar-refractivity contribution in [3.8, 4) is 17.2 Å². The molecule has 0 aromatic heterocycles. The Balaban J connectivity index is 2.57. The van der Waals surface area contributed by atoms with Gasteiger partial charge < -0.3 is 19.1 Å². The topological polar surface area (TPSA) is 83.9 Å². The quantitative estimate of drug-likeness (QED) is 0.872. The van der Waals surface area contributed by atoms with Crippen LogP contribution in [-0.2, 0) is 0 Å². The van der Waals surface area contributed by atoms with Crippen molar-refractivity contribution in [3.05, 3.63) is 17.7 Å². The van der Waals surface area contributed by atoms with Gasteiger partial charge in [0.05, 0.1) is 21.3 Å². The average molecular weight is 279 g/mol. The number of ether oxygens (including phenoxy) is 3. The van der Waals surface area contributed by atoms with Gasteiger partial charge >= 0.3 is 6.03 Å². The van der Waals surface area contributed by atoms with Gasteiger partial charge in [-0.15, -0.1) is 0 Å². The van der Waals surface area contributed by atoms with E-state index in [1.165, 1.54) is 26.2 Å². The number of amides is 2. The molecule has 7 heteroatoms. The van der Waals surface area contributed by atoms with Crippen LogP contribution in [0, 0.1) is 5.41 Å². The highest BCUT2D eigenvalue weighted by molar-refractivity contribution is 6.06. The number of hydrogen-bond acceptors (Lipinski definition) is 5. The molecule has 2 N–H and O–H groups in total. The number of amidine groups is 1. The Morgan fingerprint density at radius 1 is 1.15 bits per heavy atom. The summed E-state index contributed by atoms with van der Waals surface area (Å²) in [4.78, 5) is 13.1. The Labute approximate surface area is 116 Å². The zero-order valence-electron chi connectivity index (χ0n) is 11.8. The number of carbonyl (C=O) groups is 1. The number of nitrogens with zero attached hydrogens (tertiary/aromatic N) is 1. The van der Waals surface area contributed by atoms with E-state index in [4.69, 9.17) is 19.6 Å². The number of benzene rings is 1. The molecule has 1 heterocycles. The van der Waals surface area contributed by atoms with E-state index in [0.29, 0.717) is 22.8 Å². The van der Waals surface area contributed by atoms with Crippen LogP contribution in [0.5, 0.6) is 17.2 Å². The molecule has 0 aliphatic carbocycles. The Bertz CT molecular complexity index is 559. The molecule has 20 heavy (non-hydrogen) atoms. The molecule has 0 bridgehead atoms. The maximum atomic E-state index is 11.6. The van der Waals surface area contributed by atoms with E-state index < -0.39 is 6.04 Å². The summed E-state index contributed by atoms with van der Waals surface area (Å²) in [6.07, 6.45) is 0. The highest BCUT2D eigenvalue weighted by Gasteiger charge is 2.37. The molecule has 1 atom stereocenters. The van der Waals surface area contributed by atoms with Crippen molar-refractivity contribution in [1.82, 2.24) is 10.2 Å². The number of carbonyl (C=O) groups excluding carboxylic acids is 1. The van der Waals surface area contributed by atoms with E-state index in [0.717, 1.165) is 0 Å². The monoisotopic (exact) mass is 279 g/mol. The first-order chi connectivity index (χ1) is 9.54. The van der Waals surface area contributed by atoms with E-state index in [9.17, 15) is 4.79 Å². The largest absolute Gasteiger partial charge is 0.493 e. The molecule has 1 unspecified atom stereocenters. The van der Waals surface area contributed by atoms with Crippen molar-refractivity contribution in [1.29, 1.82) is 5.41 Å². The van der Waals surface area contributed by atoms with Gasteiger partial charge in [-0.1, -0.05) is 0 Å². The second-order valence-corrected chi connectivity index (χ2v) is 4.28. The zero-order valence-corrected chi connectivity index (χ0v) is 11.8. The minimum Gasteiger partial charge on any atom is -0.493 e. The van der Waals surface area contributed by atoms with Gasteiger partial charge in [0.1, 0.15) is 11.9 Å². The highest BCUT2D eigenvalue weighted by atomic mass is 16.5. The minimum absolute atomic E-state index is 0.100. The third kappa shape index (κ3) is 2.01. The number of urea groups is 1. The molecular weight excluding hydrogens is 262 g/mol. The van der Waals surface area contributed by atoms with Crippen LogP contribution in [0.2, 0.25) is 0 Å². The van der Waals surface area contributed by atoms with Crippen molar-refractivity contribution >= 4 is 11.9 Å². The standard InChI is InChI=1S/C13H17N3O4/c1-16-9(12(14)15-13(16)17)7-5-6-8(18-2)11(20-4)10(7)19-3/h5-6,9H,1-4H3,(H2,14,15,17). The average Bonchev–Trinajstić information content (AvgIpc) is 2.70. The summed E-state index contributed by atoms with van der Waals surface area (Å²) >= 11 is 0. The third-order valence-electron chi connectivity index (χ3n) is 3.25. The van der Waals surface area contributed by atoms with Gasteiger partial charge in [-0.2, -0.15) is 0 Å². The van der Waals surface area contributed by atoms with Crippen molar-refractivity contribution in [2.45, 2.75) is 6.04 Å². The Morgan fingerprint density at radius 3 is 2.25 bits per heavy atom. The number of rotatable bonds is 4. The molecule has 0 radical (unpaired) electrons. The van der Waals surface area contributed by atoms with Crippen LogP contribution in [0.1, 0.15) is 11.6 Å². The SMILES string of the molecule is COc1ccc(C2C(=N)NC(=O)N2C)c(OC)c1OC. The van der Waals surface area contributed by atoms with Crippen molar-refractivity contribution in [2.75, 3.05) is 28.4 Å². The zero-order chi connectivity index (χ0) is 14.9. The summed E-state index contributed by atoms with van der Waals surface area (Å²) in [6, 6.07) is 2.63. The van der Waals surface area contributed by atoms with E-state index in [-0.39, 0.29) is 11.9 Å². The van der Waals surface area contributed by atoms with Crippen molar-refractivity contribution in [2.24, 2.45) is 0 Å². The normalized spacial score (nSPS) is 18.0. The predicted octanol–water partition coefficient (Wildman–Crippen LogP) is 1.39. The molecule has 1 aromatic carbocycles. The van der Waals surface area contributed by atoms with E-state index >= 15 is 0 Å². The highest BCUT2D eigenvalue weighted by Crippen LogP contribution is 2.43. The summed E-state index contributed by atoms with van der Waals surface area (Å²) < 4.78 is 15.9. The fraction of sp³-hybridized carbons (Fsp3) is 0.385. The van der Waals surface area contributed by atoms with Gasteiger partial charge in [0, 0.05) is 12.6 Å². The molecular formula is C13H17N3O4. The van der Waals surface area contributed by atoms with E-state index in [1.54, 1.807) is 19.2 Å². The lowest BCUT2D eigenvalue weighted by atomic mass is 10.0. The van der Waals surface area contributed by atoms with Crippen LogP contribution < -0.4 is 19.5 Å². The first-order valence-electron chi connectivity index (χ1n) is 5.96. The lowest BCUT2D eigenvalue weighted by Crippen LogP contribution is -2.25. The molecule has 7 nitrogen and oxygen atoms in total. The summed E-state index contributed by atoms with van der Waals surface area (Å²) in [6.45, 7) is 0. The fourth-order valence-corrected chi connectivity index (χ4v) is 2.29. The molecule has 0 saturated carbocycles. The smallest absolute Gasteiger partial charge is 0.323 e. The molecule has 1 fully saturated rings. The molecule has 1 aromatic rings. The Morgan fingerprint density at radius 2 is 1.80 bits per heavy atom. The lowest BCUT2D eigenvalue weighted by molar-refractivity contribution is 0.216. The predicted molar refractivity (Wildman–Crippen MR) is 72.9 cm³/mol. The minimum atomic E-state index is -0.530. The fourth-order valence-electron chi connectivity index (χ4n) is 2.29. The van der Waals surface area contributed by atoms with Crippen LogP contribution in [0.15, 0.2) is 12.1 Å². The first kappa shape index (κ1) is 14.0. The Hall–Kier alpha value is -2.44. The number of nitrogens with one attached hydrogen (secondary N) is 2. The van der Waals surface area contributed by atoms with Gasteiger partial charge in [-0.25, -0.2) is 4.79 Å². The summed E-state index contributed by atoms with van der Waals surface area (Å²) in [7, 11) is 6.18. The van der Waals surface area contributed by atoms with Crippen LogP contribution in [0.3, 0.4) is 0 Å². The summed E-state index contributed by atoms with van der Waals surface area (Å²) in [5, 5.41) is 10.4. The second kappa shape index (κ2) is 5.28. The van der Waals surface area contributed by atoms with Crippen molar-refractivity contribution < 1.29 is 19.0 Å². The van der Waals surface area contributed by atoms with Gasteiger partial charge in [0.15, 0.2) is 11.5 Å². The van der Waals surface area contributed by atoms with Gasteiger partial charge in [0.2, 0.25) is 5.75 Å². The van der Waals surface area contributed by atoms with Crippen LogP contribution >= 0.6 is 0 Å². The molecule has 1 aliphatic heterocycles. The number of likely N-dealkylation sites (N-methyl/N-ethyl adjacent to an activating group) is 1. The van der Waals surface area contributed by atoms with E-state index in [2.05, 4.69) is 5.32 Å². The number of hydrogen-bond donors (Lipinski definition) is 2. The van der Waals surface area contributed by atoms with Gasteiger partial charge in [-0.3, -0.25) is 10.7 Å². The molecule has 1 saturated heterocycles. The van der Waals surface area contributed by atoms with Gasteiger partial charge in [-0.05, 0) is 12.1 Å². The van der Waals surface area contributed by atoms with Crippen molar-refractivity contribution in [3.63, 3.8) is 0 Å². The molecule has 108 valence electrons. The third-order valence-corrected chi connectivity index (χ3v) is 3.25. The number of methoxy groups -OCH3 is 3. The van der Waals surface area contributed by atoms with E-state index in [1.807, 2.05) is 0 Å². The summed E-state index contributed by atoms with van der Waals surface area (Å²) in [5.74, 6) is 1.51.